The minimum Gasteiger partial charge on any atom is -0.324 e. The second-order valence-electron chi connectivity index (χ2n) is 3.91. The molecule has 1 aromatic heterocycles. The SMILES string of the molecule is Cl.N[C@H](CC1CC1)c1c(Cl)cnc(Cl)c1Cl. The Morgan fingerprint density at radius 1 is 1.38 bits per heavy atom. The van der Waals surface area contributed by atoms with Gasteiger partial charge in [-0.2, -0.15) is 0 Å². The first-order valence-electron chi connectivity index (χ1n) is 4.84. The van der Waals surface area contributed by atoms with Crippen LogP contribution >= 0.6 is 47.2 Å². The van der Waals surface area contributed by atoms with E-state index in [1.54, 1.807) is 0 Å². The maximum Gasteiger partial charge on any atom is 0.148 e. The van der Waals surface area contributed by atoms with Crippen LogP contribution in [0, 0.1) is 5.92 Å². The summed E-state index contributed by atoms with van der Waals surface area (Å²) in [6.07, 6.45) is 4.92. The van der Waals surface area contributed by atoms with Gasteiger partial charge in [0.2, 0.25) is 0 Å². The monoisotopic (exact) mass is 300 g/mol. The fraction of sp³-hybridized carbons (Fsp3) is 0.500. The molecule has 16 heavy (non-hydrogen) atoms. The summed E-state index contributed by atoms with van der Waals surface area (Å²) in [5.74, 6) is 0.721. The van der Waals surface area contributed by atoms with Crippen molar-refractivity contribution in [3.63, 3.8) is 0 Å². The summed E-state index contributed by atoms with van der Waals surface area (Å²) >= 11 is 17.9. The van der Waals surface area contributed by atoms with Crippen LogP contribution in [0.2, 0.25) is 15.2 Å². The Hall–Kier alpha value is 0.270. The van der Waals surface area contributed by atoms with Crippen LogP contribution in [0.1, 0.15) is 30.9 Å². The Kier molecular flexibility index (Phi) is 5.14. The van der Waals surface area contributed by atoms with E-state index >= 15 is 0 Å². The van der Waals surface area contributed by atoms with E-state index < -0.39 is 0 Å². The van der Waals surface area contributed by atoms with Crippen LogP contribution in [0.5, 0.6) is 0 Å². The lowest BCUT2D eigenvalue weighted by Crippen LogP contribution is -2.12. The Labute approximate surface area is 116 Å². The second-order valence-corrected chi connectivity index (χ2v) is 5.05. The fourth-order valence-corrected chi connectivity index (χ4v) is 2.40. The molecule has 0 bridgehead atoms. The minimum absolute atomic E-state index is 0. The molecule has 2 nitrogen and oxygen atoms in total. The number of nitrogens with two attached hydrogens (primary N) is 1. The number of hydrogen-bond acceptors (Lipinski definition) is 2. The lowest BCUT2D eigenvalue weighted by Gasteiger charge is -2.15. The van der Waals surface area contributed by atoms with Crippen molar-refractivity contribution in [2.24, 2.45) is 11.7 Å². The highest BCUT2D eigenvalue weighted by atomic mass is 35.5. The van der Waals surface area contributed by atoms with Gasteiger partial charge in [-0.15, -0.1) is 12.4 Å². The van der Waals surface area contributed by atoms with Gasteiger partial charge in [0.05, 0.1) is 10.0 Å². The number of rotatable bonds is 3. The maximum atomic E-state index is 6.05. The zero-order valence-electron chi connectivity index (χ0n) is 8.42. The molecule has 90 valence electrons. The van der Waals surface area contributed by atoms with Crippen LogP contribution < -0.4 is 5.73 Å². The summed E-state index contributed by atoms with van der Waals surface area (Å²) in [4.78, 5) is 3.86. The van der Waals surface area contributed by atoms with E-state index in [1.165, 1.54) is 19.0 Å². The van der Waals surface area contributed by atoms with Crippen LogP contribution in [-0.2, 0) is 0 Å². The molecule has 1 aliphatic rings. The number of halogens is 4. The predicted octanol–water partition coefficient (Wildman–Crippen LogP) is 4.26. The molecule has 2 rings (SSSR count). The summed E-state index contributed by atoms with van der Waals surface area (Å²) in [7, 11) is 0. The van der Waals surface area contributed by atoms with Crippen molar-refractivity contribution in [3.05, 3.63) is 27.0 Å². The van der Waals surface area contributed by atoms with Crippen molar-refractivity contribution < 1.29 is 0 Å². The van der Waals surface area contributed by atoms with Gasteiger partial charge in [-0.05, 0) is 12.3 Å². The Morgan fingerprint density at radius 3 is 2.56 bits per heavy atom. The normalized spacial score (nSPS) is 16.8. The first kappa shape index (κ1) is 14.3. The Bertz CT molecular complexity index is 379. The van der Waals surface area contributed by atoms with Crippen LogP contribution in [0.25, 0.3) is 0 Å². The van der Waals surface area contributed by atoms with E-state index in [2.05, 4.69) is 4.98 Å². The topological polar surface area (TPSA) is 38.9 Å². The molecular weight excluding hydrogens is 290 g/mol. The third-order valence-corrected chi connectivity index (χ3v) is 3.69. The van der Waals surface area contributed by atoms with Crippen LogP contribution in [0.4, 0.5) is 0 Å². The molecule has 0 aromatic carbocycles. The summed E-state index contributed by atoms with van der Waals surface area (Å²) in [5, 5.41) is 1.15. The van der Waals surface area contributed by atoms with Crippen LogP contribution in [-0.4, -0.2) is 4.98 Å². The van der Waals surface area contributed by atoms with Gasteiger partial charge in [0.25, 0.3) is 0 Å². The van der Waals surface area contributed by atoms with Gasteiger partial charge in [0.15, 0.2) is 0 Å². The highest BCUT2D eigenvalue weighted by Gasteiger charge is 2.27. The van der Waals surface area contributed by atoms with E-state index in [4.69, 9.17) is 40.5 Å². The number of hydrogen-bond donors (Lipinski definition) is 1. The number of pyridine rings is 1. The van der Waals surface area contributed by atoms with Crippen molar-refractivity contribution in [1.82, 2.24) is 4.98 Å². The lowest BCUT2D eigenvalue weighted by molar-refractivity contribution is 0.597. The summed E-state index contributed by atoms with van der Waals surface area (Å²) in [5.41, 5.74) is 6.78. The molecule has 1 atom stereocenters. The summed E-state index contributed by atoms with van der Waals surface area (Å²) in [6.45, 7) is 0. The van der Waals surface area contributed by atoms with Gasteiger partial charge in [0.1, 0.15) is 5.15 Å². The molecule has 1 heterocycles. The number of nitrogens with zero attached hydrogens (tertiary/aromatic N) is 1. The van der Waals surface area contributed by atoms with Crippen molar-refractivity contribution >= 4 is 47.2 Å². The first-order chi connectivity index (χ1) is 7.09. The van der Waals surface area contributed by atoms with E-state index in [1.807, 2.05) is 0 Å². The minimum atomic E-state index is -0.141. The van der Waals surface area contributed by atoms with Gasteiger partial charge >= 0.3 is 0 Å². The van der Waals surface area contributed by atoms with Gasteiger partial charge in [-0.1, -0.05) is 47.6 Å². The van der Waals surface area contributed by atoms with E-state index in [-0.39, 0.29) is 23.6 Å². The molecular formula is C10H12Cl4N2. The van der Waals surface area contributed by atoms with Crippen molar-refractivity contribution in [2.45, 2.75) is 25.3 Å². The Balaban J connectivity index is 0.00000128. The molecule has 0 aliphatic heterocycles. The highest BCUT2D eigenvalue weighted by Crippen LogP contribution is 2.41. The van der Waals surface area contributed by atoms with E-state index in [0.29, 0.717) is 10.0 Å². The van der Waals surface area contributed by atoms with E-state index in [0.717, 1.165) is 17.9 Å². The van der Waals surface area contributed by atoms with Crippen molar-refractivity contribution in [1.29, 1.82) is 0 Å². The molecule has 0 saturated heterocycles. The Morgan fingerprint density at radius 2 is 2.00 bits per heavy atom. The van der Waals surface area contributed by atoms with Gasteiger partial charge in [-0.25, -0.2) is 4.98 Å². The van der Waals surface area contributed by atoms with Gasteiger partial charge < -0.3 is 5.73 Å². The molecule has 2 N–H and O–H groups in total. The standard InChI is InChI=1S/C10H11Cl3N2.ClH/c11-6-4-15-10(13)9(12)8(6)7(14)3-5-1-2-5;/h4-5,7H,1-3,14H2;1H/t7-;/m1./s1. The van der Waals surface area contributed by atoms with E-state index in [9.17, 15) is 0 Å². The molecule has 0 radical (unpaired) electrons. The highest BCUT2D eigenvalue weighted by molar-refractivity contribution is 6.43. The predicted molar refractivity (Wildman–Crippen MR) is 70.8 cm³/mol. The third kappa shape index (κ3) is 3.14. The quantitative estimate of drug-likeness (QED) is 0.847. The molecule has 0 spiro atoms. The third-order valence-electron chi connectivity index (χ3n) is 2.62. The van der Waals surface area contributed by atoms with Crippen LogP contribution in [0.15, 0.2) is 6.20 Å². The molecule has 1 aromatic rings. The van der Waals surface area contributed by atoms with Gasteiger partial charge in [-0.3, -0.25) is 0 Å². The lowest BCUT2D eigenvalue weighted by atomic mass is 10.0. The average molecular weight is 302 g/mol. The molecule has 6 heteroatoms. The molecule has 0 unspecified atom stereocenters. The van der Waals surface area contributed by atoms with Gasteiger partial charge in [0, 0.05) is 17.8 Å². The maximum absolute atomic E-state index is 6.05. The molecule has 0 amide bonds. The molecule has 1 saturated carbocycles. The largest absolute Gasteiger partial charge is 0.324 e. The second kappa shape index (κ2) is 5.74. The summed E-state index contributed by atoms with van der Waals surface area (Å²) < 4.78 is 0. The number of aromatic nitrogens is 1. The molecule has 1 aliphatic carbocycles. The summed E-state index contributed by atoms with van der Waals surface area (Å²) in [6, 6.07) is -0.141. The first-order valence-corrected chi connectivity index (χ1v) is 5.98. The van der Waals surface area contributed by atoms with Crippen molar-refractivity contribution in [3.8, 4) is 0 Å². The average Bonchev–Trinajstić information content (AvgIpc) is 2.96. The zero-order chi connectivity index (χ0) is 11.0. The fourth-order valence-electron chi connectivity index (χ4n) is 1.63. The smallest absolute Gasteiger partial charge is 0.148 e. The van der Waals surface area contributed by atoms with Crippen LogP contribution in [0.3, 0.4) is 0 Å². The molecule has 1 fully saturated rings. The zero-order valence-corrected chi connectivity index (χ0v) is 11.5. The van der Waals surface area contributed by atoms with Crippen molar-refractivity contribution in [2.75, 3.05) is 0 Å².